The lowest BCUT2D eigenvalue weighted by atomic mass is 9.94. The van der Waals surface area contributed by atoms with Gasteiger partial charge in [0, 0.05) is 12.6 Å². The monoisotopic (exact) mass is 294 g/mol. The van der Waals surface area contributed by atoms with E-state index in [0.717, 1.165) is 25.7 Å². The second-order valence-electron chi connectivity index (χ2n) is 5.74. The Balaban J connectivity index is 1.66. The first-order chi connectivity index (χ1) is 10.1. The Kier molecular flexibility index (Phi) is 6.20. The maximum atomic E-state index is 5.88. The fourth-order valence-electron chi connectivity index (χ4n) is 2.39. The summed E-state index contributed by atoms with van der Waals surface area (Å²) < 4.78 is 11.4. The van der Waals surface area contributed by atoms with Crippen LogP contribution < -0.4 is 15.8 Å². The third-order valence-corrected chi connectivity index (χ3v) is 3.45. The number of rotatable bonds is 7. The molecule has 0 bridgehead atoms. The summed E-state index contributed by atoms with van der Waals surface area (Å²) in [7, 11) is 0. The standard InChI is InChI=1S/C15H26N4O2/c1-11(2)21-15-10-17-9-14(19-15)18-7-8-20-13-5-3-12(16)4-6-13/h9-13H,3-8,16H2,1-2H3,(H,18,19). The number of anilines is 1. The molecule has 1 aromatic rings. The fourth-order valence-corrected chi connectivity index (χ4v) is 2.39. The highest BCUT2D eigenvalue weighted by Crippen LogP contribution is 2.19. The van der Waals surface area contributed by atoms with Gasteiger partial charge in [-0.05, 0) is 39.5 Å². The number of hydrogen-bond donors (Lipinski definition) is 2. The maximum absolute atomic E-state index is 5.88. The minimum absolute atomic E-state index is 0.0931. The van der Waals surface area contributed by atoms with Crippen molar-refractivity contribution in [3.8, 4) is 5.88 Å². The van der Waals surface area contributed by atoms with Gasteiger partial charge in [0.15, 0.2) is 0 Å². The predicted octanol–water partition coefficient (Wildman–Crippen LogP) is 1.96. The molecule has 0 unspecified atom stereocenters. The summed E-state index contributed by atoms with van der Waals surface area (Å²) in [4.78, 5) is 8.45. The molecule has 1 aliphatic rings. The van der Waals surface area contributed by atoms with Crippen molar-refractivity contribution in [1.82, 2.24) is 9.97 Å². The normalized spacial score (nSPS) is 22.3. The molecule has 0 radical (unpaired) electrons. The van der Waals surface area contributed by atoms with E-state index in [9.17, 15) is 0 Å². The first kappa shape index (κ1) is 16.0. The quantitative estimate of drug-likeness (QED) is 0.748. The van der Waals surface area contributed by atoms with Crippen molar-refractivity contribution < 1.29 is 9.47 Å². The molecule has 0 spiro atoms. The van der Waals surface area contributed by atoms with E-state index in [0.29, 0.717) is 37.0 Å². The van der Waals surface area contributed by atoms with Crippen molar-refractivity contribution >= 4 is 5.82 Å². The van der Waals surface area contributed by atoms with Crippen molar-refractivity contribution in [3.63, 3.8) is 0 Å². The first-order valence-electron chi connectivity index (χ1n) is 7.73. The zero-order valence-corrected chi connectivity index (χ0v) is 12.9. The van der Waals surface area contributed by atoms with Gasteiger partial charge in [-0.1, -0.05) is 0 Å². The lowest BCUT2D eigenvalue weighted by Gasteiger charge is -2.26. The Morgan fingerprint density at radius 2 is 2.05 bits per heavy atom. The molecule has 3 N–H and O–H groups in total. The molecule has 118 valence electrons. The van der Waals surface area contributed by atoms with Gasteiger partial charge < -0.3 is 20.5 Å². The Morgan fingerprint density at radius 1 is 1.29 bits per heavy atom. The van der Waals surface area contributed by atoms with Gasteiger partial charge in [-0.15, -0.1) is 0 Å². The number of nitrogens with one attached hydrogen (secondary N) is 1. The van der Waals surface area contributed by atoms with Crippen LogP contribution in [0, 0.1) is 0 Å². The van der Waals surface area contributed by atoms with Crippen molar-refractivity contribution in [3.05, 3.63) is 12.4 Å². The van der Waals surface area contributed by atoms with Crippen LogP contribution >= 0.6 is 0 Å². The zero-order chi connectivity index (χ0) is 15.1. The highest BCUT2D eigenvalue weighted by atomic mass is 16.5. The molecule has 1 heterocycles. The van der Waals surface area contributed by atoms with Crippen LogP contribution in [0.5, 0.6) is 5.88 Å². The molecule has 1 fully saturated rings. The van der Waals surface area contributed by atoms with E-state index in [1.54, 1.807) is 12.4 Å². The topological polar surface area (TPSA) is 82.3 Å². The summed E-state index contributed by atoms with van der Waals surface area (Å²) in [5.41, 5.74) is 5.88. The van der Waals surface area contributed by atoms with Crippen molar-refractivity contribution in [2.24, 2.45) is 5.73 Å². The van der Waals surface area contributed by atoms with Crippen molar-refractivity contribution in [2.45, 2.75) is 57.8 Å². The summed E-state index contributed by atoms with van der Waals surface area (Å²) >= 11 is 0. The average molecular weight is 294 g/mol. The summed E-state index contributed by atoms with van der Waals surface area (Å²) in [6, 6.07) is 0.363. The van der Waals surface area contributed by atoms with E-state index in [4.69, 9.17) is 15.2 Å². The van der Waals surface area contributed by atoms with E-state index in [1.807, 2.05) is 13.8 Å². The molecule has 0 amide bonds. The van der Waals surface area contributed by atoms with E-state index >= 15 is 0 Å². The number of aromatic nitrogens is 2. The lowest BCUT2D eigenvalue weighted by molar-refractivity contribution is 0.0313. The average Bonchev–Trinajstić information content (AvgIpc) is 2.45. The van der Waals surface area contributed by atoms with E-state index in [-0.39, 0.29) is 6.10 Å². The van der Waals surface area contributed by atoms with Crippen LogP contribution in [0.25, 0.3) is 0 Å². The molecule has 2 rings (SSSR count). The minimum atomic E-state index is 0.0931. The SMILES string of the molecule is CC(C)Oc1cncc(NCCOC2CCC(N)CC2)n1. The fraction of sp³-hybridized carbons (Fsp3) is 0.733. The van der Waals surface area contributed by atoms with Crippen molar-refractivity contribution in [1.29, 1.82) is 0 Å². The second kappa shape index (κ2) is 8.14. The third-order valence-electron chi connectivity index (χ3n) is 3.45. The molecule has 6 heteroatoms. The van der Waals surface area contributed by atoms with Gasteiger partial charge in [0.1, 0.15) is 5.82 Å². The van der Waals surface area contributed by atoms with Gasteiger partial charge >= 0.3 is 0 Å². The molecule has 1 aromatic heterocycles. The van der Waals surface area contributed by atoms with Gasteiger partial charge in [0.05, 0.1) is 31.2 Å². The highest BCUT2D eigenvalue weighted by Gasteiger charge is 2.18. The summed E-state index contributed by atoms with van der Waals surface area (Å²) in [6.45, 7) is 5.30. The lowest BCUT2D eigenvalue weighted by Crippen LogP contribution is -2.31. The van der Waals surface area contributed by atoms with Crippen molar-refractivity contribution in [2.75, 3.05) is 18.5 Å². The summed E-state index contributed by atoms with van der Waals surface area (Å²) in [6.07, 6.45) is 8.02. The van der Waals surface area contributed by atoms with E-state index < -0.39 is 0 Å². The maximum Gasteiger partial charge on any atom is 0.234 e. The molecule has 0 atom stereocenters. The van der Waals surface area contributed by atoms with Crippen LogP contribution in [0.4, 0.5) is 5.82 Å². The largest absolute Gasteiger partial charge is 0.474 e. The third kappa shape index (κ3) is 5.85. The predicted molar refractivity (Wildman–Crippen MR) is 82.5 cm³/mol. The highest BCUT2D eigenvalue weighted by molar-refractivity contribution is 5.33. The van der Waals surface area contributed by atoms with E-state index in [1.165, 1.54) is 0 Å². The van der Waals surface area contributed by atoms with Gasteiger partial charge in [0.25, 0.3) is 0 Å². The van der Waals surface area contributed by atoms with Crippen LogP contribution in [-0.2, 0) is 4.74 Å². The Morgan fingerprint density at radius 3 is 2.76 bits per heavy atom. The van der Waals surface area contributed by atoms with Gasteiger partial charge in [0.2, 0.25) is 5.88 Å². The van der Waals surface area contributed by atoms with Crippen LogP contribution in [0.2, 0.25) is 0 Å². The number of hydrogen-bond acceptors (Lipinski definition) is 6. The van der Waals surface area contributed by atoms with Gasteiger partial charge in [-0.2, -0.15) is 4.98 Å². The zero-order valence-electron chi connectivity index (χ0n) is 12.9. The molecule has 0 aromatic carbocycles. The Hall–Kier alpha value is -1.40. The Labute approximate surface area is 126 Å². The van der Waals surface area contributed by atoms with Gasteiger partial charge in [-0.3, -0.25) is 4.98 Å². The molecule has 6 nitrogen and oxygen atoms in total. The minimum Gasteiger partial charge on any atom is -0.474 e. The second-order valence-corrected chi connectivity index (χ2v) is 5.74. The number of nitrogens with two attached hydrogens (primary N) is 1. The molecule has 0 aliphatic heterocycles. The van der Waals surface area contributed by atoms with Gasteiger partial charge in [-0.25, -0.2) is 0 Å². The molecular formula is C15H26N4O2. The first-order valence-corrected chi connectivity index (χ1v) is 7.73. The molecule has 0 saturated heterocycles. The molecular weight excluding hydrogens is 268 g/mol. The Bertz CT molecular complexity index is 420. The molecule has 1 aliphatic carbocycles. The smallest absolute Gasteiger partial charge is 0.234 e. The number of nitrogens with zero attached hydrogens (tertiary/aromatic N) is 2. The summed E-state index contributed by atoms with van der Waals surface area (Å²) in [5, 5.41) is 3.20. The molecule has 21 heavy (non-hydrogen) atoms. The van der Waals surface area contributed by atoms with Crippen LogP contribution in [-0.4, -0.2) is 41.4 Å². The summed E-state index contributed by atoms with van der Waals surface area (Å²) in [5.74, 6) is 1.25. The van der Waals surface area contributed by atoms with Crippen LogP contribution in [0.1, 0.15) is 39.5 Å². The van der Waals surface area contributed by atoms with Crippen LogP contribution in [0.15, 0.2) is 12.4 Å². The van der Waals surface area contributed by atoms with Crippen LogP contribution in [0.3, 0.4) is 0 Å². The molecule has 1 saturated carbocycles. The number of ether oxygens (including phenoxy) is 2. The van der Waals surface area contributed by atoms with E-state index in [2.05, 4.69) is 15.3 Å².